The predicted molar refractivity (Wildman–Crippen MR) is 144 cm³/mol. The standard InChI is InChI=1S/C28H30N6O3/c29-27(35)20-12-14-33(15-13-20)16-17-34-19-21-18-23(8-11-26(21)32-34)31-28(36)30-22-6-9-25(10-7-22)37-24-4-2-1-3-5-24/h1-11,18-20H,12-17H2,(H2,29,35)(H2,30,31,36). The van der Waals surface area contributed by atoms with Crippen LogP contribution in [-0.4, -0.2) is 46.3 Å². The molecule has 9 nitrogen and oxygen atoms in total. The number of nitrogens with zero attached hydrogens (tertiary/aromatic N) is 3. The number of primary amides is 1. The Bertz CT molecular complexity index is 1360. The van der Waals surface area contributed by atoms with Gasteiger partial charge in [-0.25, -0.2) is 4.79 Å². The number of anilines is 2. The van der Waals surface area contributed by atoms with Crippen molar-refractivity contribution in [3.8, 4) is 11.5 Å². The van der Waals surface area contributed by atoms with Crippen molar-refractivity contribution in [3.63, 3.8) is 0 Å². The van der Waals surface area contributed by atoms with E-state index in [1.54, 1.807) is 12.1 Å². The molecule has 1 aliphatic heterocycles. The number of hydrogen-bond donors (Lipinski definition) is 3. The fourth-order valence-corrected chi connectivity index (χ4v) is 4.48. The second-order valence-electron chi connectivity index (χ2n) is 9.20. The zero-order valence-electron chi connectivity index (χ0n) is 20.5. The number of para-hydroxylation sites is 1. The minimum atomic E-state index is -0.331. The number of likely N-dealkylation sites (tertiary alicyclic amines) is 1. The third kappa shape index (κ3) is 6.45. The number of ether oxygens (including phenoxy) is 1. The van der Waals surface area contributed by atoms with E-state index in [9.17, 15) is 9.59 Å². The monoisotopic (exact) mass is 498 g/mol. The summed E-state index contributed by atoms with van der Waals surface area (Å²) >= 11 is 0. The lowest BCUT2D eigenvalue weighted by Crippen LogP contribution is -2.39. The molecule has 9 heteroatoms. The van der Waals surface area contributed by atoms with E-state index in [4.69, 9.17) is 10.5 Å². The molecule has 3 amide bonds. The quantitative estimate of drug-likeness (QED) is 0.327. The van der Waals surface area contributed by atoms with Crippen LogP contribution in [0.4, 0.5) is 16.2 Å². The fourth-order valence-electron chi connectivity index (χ4n) is 4.48. The molecule has 4 aromatic rings. The Balaban J connectivity index is 1.12. The molecule has 1 aliphatic rings. The summed E-state index contributed by atoms with van der Waals surface area (Å²) in [5.41, 5.74) is 7.63. The van der Waals surface area contributed by atoms with E-state index in [0.29, 0.717) is 17.1 Å². The minimum absolute atomic E-state index is 0.000295. The van der Waals surface area contributed by atoms with Crippen molar-refractivity contribution >= 4 is 34.2 Å². The molecular formula is C28H30N6O3. The second-order valence-corrected chi connectivity index (χ2v) is 9.20. The first-order valence-corrected chi connectivity index (χ1v) is 12.4. The van der Waals surface area contributed by atoms with Crippen molar-refractivity contribution < 1.29 is 14.3 Å². The summed E-state index contributed by atoms with van der Waals surface area (Å²) in [5.74, 6) is 1.25. The van der Waals surface area contributed by atoms with Crippen LogP contribution in [0.2, 0.25) is 0 Å². The maximum absolute atomic E-state index is 12.5. The second kappa shape index (κ2) is 11.1. The average Bonchev–Trinajstić information content (AvgIpc) is 3.32. The van der Waals surface area contributed by atoms with Gasteiger partial charge in [0.2, 0.25) is 5.91 Å². The Hall–Kier alpha value is -4.37. The van der Waals surface area contributed by atoms with Gasteiger partial charge in [0, 0.05) is 35.4 Å². The van der Waals surface area contributed by atoms with E-state index >= 15 is 0 Å². The van der Waals surface area contributed by atoms with Crippen molar-refractivity contribution in [3.05, 3.63) is 79.0 Å². The Morgan fingerprint density at radius 1 is 0.892 bits per heavy atom. The number of urea groups is 1. The van der Waals surface area contributed by atoms with Gasteiger partial charge in [0.1, 0.15) is 11.5 Å². The van der Waals surface area contributed by atoms with E-state index in [2.05, 4.69) is 20.6 Å². The number of carbonyl (C=O) groups is 2. The van der Waals surface area contributed by atoms with Gasteiger partial charge in [0.15, 0.2) is 0 Å². The number of nitrogens with two attached hydrogens (primary N) is 1. The van der Waals surface area contributed by atoms with Gasteiger partial charge in [-0.05, 0) is 80.5 Å². The number of fused-ring (bicyclic) bond motifs is 1. The number of amides is 3. The lowest BCUT2D eigenvalue weighted by atomic mass is 9.96. The summed E-state index contributed by atoms with van der Waals surface area (Å²) in [6.07, 6.45) is 3.62. The predicted octanol–water partition coefficient (Wildman–Crippen LogP) is 4.67. The van der Waals surface area contributed by atoms with Crippen LogP contribution in [0.5, 0.6) is 11.5 Å². The van der Waals surface area contributed by atoms with Crippen LogP contribution in [0, 0.1) is 5.92 Å². The Morgan fingerprint density at radius 2 is 1.57 bits per heavy atom. The minimum Gasteiger partial charge on any atom is -0.457 e. The Morgan fingerprint density at radius 3 is 2.30 bits per heavy atom. The maximum atomic E-state index is 12.5. The summed E-state index contributed by atoms with van der Waals surface area (Å²) < 4.78 is 7.71. The molecule has 1 aromatic heterocycles. The number of nitrogens with one attached hydrogen (secondary N) is 2. The molecule has 0 bridgehead atoms. The van der Waals surface area contributed by atoms with E-state index in [-0.39, 0.29) is 17.9 Å². The Kier molecular flexibility index (Phi) is 7.32. The van der Waals surface area contributed by atoms with E-state index in [1.165, 1.54) is 0 Å². The van der Waals surface area contributed by atoms with Gasteiger partial charge in [-0.1, -0.05) is 18.2 Å². The number of hydrogen-bond acceptors (Lipinski definition) is 5. The topological polar surface area (TPSA) is 115 Å². The molecule has 1 saturated heterocycles. The van der Waals surface area contributed by atoms with Crippen LogP contribution in [0.15, 0.2) is 79.0 Å². The average molecular weight is 499 g/mol. The van der Waals surface area contributed by atoms with Crippen molar-refractivity contribution in [2.75, 3.05) is 30.3 Å². The number of carbonyl (C=O) groups excluding carboxylic acids is 2. The Labute approximate surface area is 215 Å². The van der Waals surface area contributed by atoms with Gasteiger partial charge in [0.25, 0.3) is 0 Å². The van der Waals surface area contributed by atoms with E-state index in [1.807, 2.05) is 71.5 Å². The summed E-state index contributed by atoms with van der Waals surface area (Å²) in [5, 5.41) is 11.3. The molecule has 1 fully saturated rings. The highest BCUT2D eigenvalue weighted by molar-refractivity contribution is 6.00. The molecule has 0 saturated carbocycles. The molecule has 0 aliphatic carbocycles. The lowest BCUT2D eigenvalue weighted by molar-refractivity contribution is -0.123. The van der Waals surface area contributed by atoms with Gasteiger partial charge in [-0.3, -0.25) is 9.48 Å². The number of rotatable bonds is 8. The molecule has 0 atom stereocenters. The van der Waals surface area contributed by atoms with Gasteiger partial charge in [-0.15, -0.1) is 0 Å². The molecule has 37 heavy (non-hydrogen) atoms. The molecule has 0 radical (unpaired) electrons. The lowest BCUT2D eigenvalue weighted by Gasteiger charge is -2.30. The summed E-state index contributed by atoms with van der Waals surface area (Å²) in [4.78, 5) is 26.2. The maximum Gasteiger partial charge on any atom is 0.323 e. The van der Waals surface area contributed by atoms with Crippen molar-refractivity contribution in [1.29, 1.82) is 0 Å². The van der Waals surface area contributed by atoms with Gasteiger partial charge >= 0.3 is 6.03 Å². The molecule has 5 rings (SSSR count). The first-order chi connectivity index (χ1) is 18.0. The molecule has 3 aromatic carbocycles. The summed E-state index contributed by atoms with van der Waals surface area (Å²) in [6, 6.07) is 22.0. The third-order valence-electron chi connectivity index (χ3n) is 6.54. The first-order valence-electron chi connectivity index (χ1n) is 12.4. The van der Waals surface area contributed by atoms with Crippen LogP contribution < -0.4 is 21.1 Å². The molecular weight excluding hydrogens is 468 g/mol. The van der Waals surface area contributed by atoms with Crippen LogP contribution in [-0.2, 0) is 11.3 Å². The fraction of sp³-hybridized carbons (Fsp3) is 0.250. The number of aromatic nitrogens is 2. The normalized spacial score (nSPS) is 14.4. The highest BCUT2D eigenvalue weighted by atomic mass is 16.5. The SMILES string of the molecule is NC(=O)C1CCN(CCn2cc3cc(NC(=O)Nc4ccc(Oc5ccccc5)cc4)ccc3n2)CC1. The van der Waals surface area contributed by atoms with Crippen molar-refractivity contribution in [2.45, 2.75) is 19.4 Å². The van der Waals surface area contributed by atoms with E-state index < -0.39 is 0 Å². The van der Waals surface area contributed by atoms with E-state index in [0.717, 1.165) is 55.7 Å². The molecule has 4 N–H and O–H groups in total. The molecule has 190 valence electrons. The van der Waals surface area contributed by atoms with Crippen LogP contribution in [0.3, 0.4) is 0 Å². The molecule has 0 spiro atoms. The van der Waals surface area contributed by atoms with Gasteiger partial charge in [0.05, 0.1) is 12.1 Å². The van der Waals surface area contributed by atoms with Crippen LogP contribution >= 0.6 is 0 Å². The number of piperidine rings is 1. The third-order valence-corrected chi connectivity index (χ3v) is 6.54. The molecule has 2 heterocycles. The zero-order valence-corrected chi connectivity index (χ0v) is 20.5. The molecule has 0 unspecified atom stereocenters. The number of benzene rings is 3. The highest BCUT2D eigenvalue weighted by Crippen LogP contribution is 2.23. The van der Waals surface area contributed by atoms with Gasteiger partial charge < -0.3 is 26.0 Å². The first kappa shape index (κ1) is 24.3. The zero-order chi connectivity index (χ0) is 25.6. The summed E-state index contributed by atoms with van der Waals surface area (Å²) in [7, 11) is 0. The highest BCUT2D eigenvalue weighted by Gasteiger charge is 2.22. The van der Waals surface area contributed by atoms with Crippen LogP contribution in [0.25, 0.3) is 10.9 Å². The van der Waals surface area contributed by atoms with Crippen LogP contribution in [0.1, 0.15) is 12.8 Å². The summed E-state index contributed by atoms with van der Waals surface area (Å²) in [6.45, 7) is 3.37. The smallest absolute Gasteiger partial charge is 0.323 e. The van der Waals surface area contributed by atoms with Gasteiger partial charge in [-0.2, -0.15) is 5.10 Å². The largest absolute Gasteiger partial charge is 0.457 e. The van der Waals surface area contributed by atoms with Crippen molar-refractivity contribution in [1.82, 2.24) is 14.7 Å². The van der Waals surface area contributed by atoms with Crippen molar-refractivity contribution in [2.24, 2.45) is 11.7 Å².